The molecule has 134 valence electrons. The lowest BCUT2D eigenvalue weighted by Crippen LogP contribution is -2.04. The van der Waals surface area contributed by atoms with E-state index in [1.807, 2.05) is 30.3 Å². The molecule has 0 bridgehead atoms. The van der Waals surface area contributed by atoms with Gasteiger partial charge in [-0.3, -0.25) is 4.79 Å². The second kappa shape index (κ2) is 7.42. The largest absolute Gasteiger partial charge is 0.302 e. The Bertz CT molecular complexity index is 1150. The van der Waals surface area contributed by atoms with Crippen LogP contribution in [0.1, 0.15) is 6.92 Å². The van der Waals surface area contributed by atoms with Crippen LogP contribution in [-0.2, 0) is 4.79 Å². The molecule has 0 fully saturated rings. The molecule has 0 unspecified atom stereocenters. The summed E-state index contributed by atoms with van der Waals surface area (Å²) in [5.74, 6) is -0.439. The van der Waals surface area contributed by atoms with Crippen molar-refractivity contribution >= 4 is 44.4 Å². The number of nitrogens with one attached hydrogen (secondary N) is 1. The quantitative estimate of drug-likeness (QED) is 0.492. The van der Waals surface area contributed by atoms with Gasteiger partial charge in [-0.25, -0.2) is 19.3 Å². The van der Waals surface area contributed by atoms with Crippen LogP contribution in [-0.4, -0.2) is 20.9 Å². The number of rotatable bonds is 4. The number of benzene rings is 2. The number of thiazole rings is 1. The predicted molar refractivity (Wildman–Crippen MR) is 105 cm³/mol. The van der Waals surface area contributed by atoms with Crippen LogP contribution in [0.5, 0.6) is 0 Å². The maximum Gasteiger partial charge on any atom is 0.223 e. The summed E-state index contributed by atoms with van der Waals surface area (Å²) in [6.07, 6.45) is 1.68. The van der Waals surface area contributed by atoms with Crippen LogP contribution in [0.2, 0.25) is 0 Å². The van der Waals surface area contributed by atoms with E-state index >= 15 is 0 Å². The lowest BCUT2D eigenvalue weighted by atomic mass is 10.1. The number of carbonyl (C=O) groups excluding carboxylic acids is 1. The van der Waals surface area contributed by atoms with Gasteiger partial charge in [0.15, 0.2) is 10.3 Å². The monoisotopic (exact) mass is 396 g/mol. The number of hydrogen-bond acceptors (Lipinski definition) is 6. The molecule has 0 aliphatic rings. The molecular weight excluding hydrogens is 383 g/mol. The first-order valence-electron chi connectivity index (χ1n) is 8.02. The van der Waals surface area contributed by atoms with E-state index in [9.17, 15) is 9.18 Å². The van der Waals surface area contributed by atoms with Gasteiger partial charge in [0, 0.05) is 23.6 Å². The normalized spacial score (nSPS) is 10.9. The Kier molecular flexibility index (Phi) is 4.83. The van der Waals surface area contributed by atoms with E-state index in [4.69, 9.17) is 0 Å². The number of anilines is 1. The molecule has 27 heavy (non-hydrogen) atoms. The second-order valence-corrected chi connectivity index (χ2v) is 7.74. The Balaban J connectivity index is 1.63. The number of aromatic nitrogens is 3. The van der Waals surface area contributed by atoms with Crippen LogP contribution >= 0.6 is 23.1 Å². The molecule has 2 aromatic heterocycles. The van der Waals surface area contributed by atoms with Gasteiger partial charge in [0.2, 0.25) is 5.91 Å². The van der Waals surface area contributed by atoms with E-state index in [2.05, 4.69) is 20.3 Å². The topological polar surface area (TPSA) is 67.8 Å². The fourth-order valence-corrected chi connectivity index (χ4v) is 4.21. The Morgan fingerprint density at radius 1 is 1.15 bits per heavy atom. The van der Waals surface area contributed by atoms with Crippen molar-refractivity contribution in [1.82, 2.24) is 15.0 Å². The maximum atomic E-state index is 13.4. The summed E-state index contributed by atoms with van der Waals surface area (Å²) in [5.41, 5.74) is 2.50. The number of amides is 1. The third kappa shape index (κ3) is 4.12. The van der Waals surface area contributed by atoms with E-state index in [1.54, 1.807) is 12.3 Å². The van der Waals surface area contributed by atoms with Crippen LogP contribution in [0.15, 0.2) is 64.8 Å². The van der Waals surface area contributed by atoms with Crippen molar-refractivity contribution in [2.45, 2.75) is 17.0 Å². The van der Waals surface area contributed by atoms with Crippen molar-refractivity contribution in [3.63, 3.8) is 0 Å². The van der Waals surface area contributed by atoms with Crippen LogP contribution in [0.25, 0.3) is 21.5 Å². The first-order valence-corrected chi connectivity index (χ1v) is 9.65. The third-order valence-electron chi connectivity index (χ3n) is 3.61. The lowest BCUT2D eigenvalue weighted by Gasteiger charge is -2.04. The molecule has 1 amide bonds. The van der Waals surface area contributed by atoms with E-state index in [0.717, 1.165) is 26.4 Å². The Morgan fingerprint density at radius 2 is 2.04 bits per heavy atom. The summed E-state index contributed by atoms with van der Waals surface area (Å²) in [4.78, 5) is 25.2. The molecule has 0 aliphatic carbocycles. The Morgan fingerprint density at radius 3 is 2.85 bits per heavy atom. The molecule has 5 nitrogen and oxygen atoms in total. The highest BCUT2D eigenvalue weighted by Gasteiger charge is 2.09. The van der Waals surface area contributed by atoms with Gasteiger partial charge in [0.1, 0.15) is 5.82 Å². The Labute approximate surface area is 162 Å². The molecule has 4 rings (SSSR count). The van der Waals surface area contributed by atoms with Gasteiger partial charge in [-0.1, -0.05) is 23.5 Å². The van der Waals surface area contributed by atoms with E-state index in [0.29, 0.717) is 10.3 Å². The zero-order valence-corrected chi connectivity index (χ0v) is 15.8. The van der Waals surface area contributed by atoms with Crippen molar-refractivity contribution in [1.29, 1.82) is 0 Å². The van der Waals surface area contributed by atoms with Crippen molar-refractivity contribution in [3.8, 4) is 11.3 Å². The molecule has 2 heterocycles. The molecule has 8 heteroatoms. The number of nitrogens with zero attached hydrogens (tertiary/aromatic N) is 3. The van der Waals surface area contributed by atoms with Crippen LogP contribution < -0.4 is 5.32 Å². The van der Waals surface area contributed by atoms with Gasteiger partial charge in [-0.2, -0.15) is 0 Å². The van der Waals surface area contributed by atoms with Gasteiger partial charge in [0.05, 0.1) is 15.9 Å². The highest BCUT2D eigenvalue weighted by Crippen LogP contribution is 2.31. The van der Waals surface area contributed by atoms with Crippen LogP contribution in [0.4, 0.5) is 9.52 Å². The maximum absolute atomic E-state index is 13.4. The van der Waals surface area contributed by atoms with Crippen molar-refractivity contribution in [3.05, 3.63) is 60.5 Å². The highest BCUT2D eigenvalue weighted by atomic mass is 32.2. The summed E-state index contributed by atoms with van der Waals surface area (Å²) >= 11 is 2.72. The molecular formula is C19H13FN4OS2. The van der Waals surface area contributed by atoms with Gasteiger partial charge >= 0.3 is 0 Å². The van der Waals surface area contributed by atoms with E-state index < -0.39 is 0 Å². The third-order valence-corrected chi connectivity index (χ3v) is 5.41. The first kappa shape index (κ1) is 17.6. The number of hydrogen-bond donors (Lipinski definition) is 1. The smallest absolute Gasteiger partial charge is 0.223 e. The standard InChI is InChI=1S/C19H13FN4OS2/c1-11(25)22-19-24-16-6-5-12(9-17(16)27-19)15-7-8-21-18(23-15)26-14-4-2-3-13(20)10-14/h2-10H,1H3,(H,22,24,25). The van der Waals surface area contributed by atoms with E-state index in [-0.39, 0.29) is 11.7 Å². The van der Waals surface area contributed by atoms with Gasteiger partial charge in [-0.15, -0.1) is 0 Å². The molecule has 0 saturated heterocycles. The molecule has 1 N–H and O–H groups in total. The van der Waals surface area contributed by atoms with Crippen molar-refractivity contribution in [2.75, 3.05) is 5.32 Å². The molecule has 0 saturated carbocycles. The fraction of sp³-hybridized carbons (Fsp3) is 0.0526. The summed E-state index contributed by atoms with van der Waals surface area (Å²) in [6, 6.07) is 14.0. The van der Waals surface area contributed by atoms with E-state index in [1.165, 1.54) is 42.2 Å². The molecule has 4 aromatic rings. The zero-order chi connectivity index (χ0) is 18.8. The first-order chi connectivity index (χ1) is 13.1. The summed E-state index contributed by atoms with van der Waals surface area (Å²) in [6.45, 7) is 1.45. The summed E-state index contributed by atoms with van der Waals surface area (Å²) < 4.78 is 14.3. The highest BCUT2D eigenvalue weighted by molar-refractivity contribution is 7.99. The lowest BCUT2D eigenvalue weighted by molar-refractivity contribution is -0.114. The molecule has 0 aliphatic heterocycles. The summed E-state index contributed by atoms with van der Waals surface area (Å²) in [5, 5.41) is 3.82. The summed E-state index contributed by atoms with van der Waals surface area (Å²) in [7, 11) is 0. The molecule has 0 radical (unpaired) electrons. The average molecular weight is 396 g/mol. The number of fused-ring (bicyclic) bond motifs is 1. The zero-order valence-electron chi connectivity index (χ0n) is 14.1. The second-order valence-electron chi connectivity index (χ2n) is 5.67. The SMILES string of the molecule is CC(=O)Nc1nc2ccc(-c3ccnc(Sc4cccc(F)c4)n3)cc2s1. The van der Waals surface area contributed by atoms with Crippen molar-refractivity contribution < 1.29 is 9.18 Å². The molecule has 0 atom stereocenters. The van der Waals surface area contributed by atoms with Crippen molar-refractivity contribution in [2.24, 2.45) is 0 Å². The predicted octanol–water partition coefficient (Wildman–Crippen LogP) is 5.00. The minimum absolute atomic E-state index is 0.149. The fourth-order valence-electron chi connectivity index (χ4n) is 2.47. The number of halogens is 1. The van der Waals surface area contributed by atoms with Gasteiger partial charge in [0.25, 0.3) is 0 Å². The van der Waals surface area contributed by atoms with Gasteiger partial charge in [-0.05, 0) is 48.2 Å². The Hall–Kier alpha value is -2.84. The van der Waals surface area contributed by atoms with Crippen LogP contribution in [0.3, 0.4) is 0 Å². The van der Waals surface area contributed by atoms with Gasteiger partial charge < -0.3 is 5.32 Å². The number of carbonyl (C=O) groups is 1. The minimum atomic E-state index is -0.290. The van der Waals surface area contributed by atoms with Crippen LogP contribution in [0, 0.1) is 5.82 Å². The molecule has 0 spiro atoms. The average Bonchev–Trinajstić information content (AvgIpc) is 3.02. The minimum Gasteiger partial charge on any atom is -0.302 e. The molecule has 2 aromatic carbocycles.